The number of hydrogen-bond acceptors (Lipinski definition) is 4. The van der Waals surface area contributed by atoms with Crippen LogP contribution in [0, 0.1) is 0 Å². The van der Waals surface area contributed by atoms with E-state index in [2.05, 4.69) is 32.5 Å². The Morgan fingerprint density at radius 2 is 2.03 bits per heavy atom. The lowest BCUT2D eigenvalue weighted by Crippen LogP contribution is -2.05. The number of carbonyl (C=O) groups is 1. The zero-order valence-corrected chi connectivity index (χ0v) is 20.3. The van der Waals surface area contributed by atoms with E-state index in [-0.39, 0.29) is 5.97 Å². The molecular formula is C23H21BrClN3O2S. The summed E-state index contributed by atoms with van der Waals surface area (Å²) in [5.74, 6) is -0.325. The number of nitrogens with zero attached hydrogens (tertiary/aromatic N) is 3. The van der Waals surface area contributed by atoms with Gasteiger partial charge in [-0.05, 0) is 53.5 Å². The minimum Gasteiger partial charge on any atom is -0.462 e. The number of benzene rings is 2. The van der Waals surface area contributed by atoms with Gasteiger partial charge in [0.15, 0.2) is 0 Å². The van der Waals surface area contributed by atoms with Gasteiger partial charge >= 0.3 is 5.97 Å². The fourth-order valence-electron chi connectivity index (χ4n) is 3.41. The van der Waals surface area contributed by atoms with E-state index in [1.54, 1.807) is 13.0 Å². The molecule has 0 amide bonds. The molecule has 0 bridgehead atoms. The molecule has 0 aliphatic heterocycles. The lowest BCUT2D eigenvalue weighted by Gasteiger charge is -2.09. The Hall–Kier alpha value is -2.22. The van der Waals surface area contributed by atoms with Crippen molar-refractivity contribution in [3.05, 3.63) is 70.0 Å². The van der Waals surface area contributed by atoms with E-state index >= 15 is 0 Å². The van der Waals surface area contributed by atoms with Gasteiger partial charge in [0.1, 0.15) is 4.60 Å². The van der Waals surface area contributed by atoms with Crippen molar-refractivity contribution in [1.29, 1.82) is 0 Å². The quantitative estimate of drug-likeness (QED) is 0.248. The van der Waals surface area contributed by atoms with Crippen LogP contribution in [0.4, 0.5) is 0 Å². The molecule has 2 aromatic heterocycles. The lowest BCUT2D eigenvalue weighted by atomic mass is 10.2. The van der Waals surface area contributed by atoms with Gasteiger partial charge in [-0.2, -0.15) is 5.10 Å². The Kier molecular flexibility index (Phi) is 6.74. The second-order valence-electron chi connectivity index (χ2n) is 6.90. The SMILES string of the molecule is CCCn1cc(-n2c(Br)c(Sc3ccccc3C(=O)OCC)c3ccc(Cl)cc32)cn1. The summed E-state index contributed by atoms with van der Waals surface area (Å²) in [6.07, 6.45) is 4.88. The predicted molar refractivity (Wildman–Crippen MR) is 129 cm³/mol. The molecule has 0 spiro atoms. The van der Waals surface area contributed by atoms with E-state index in [1.165, 1.54) is 11.8 Å². The van der Waals surface area contributed by atoms with Gasteiger partial charge in [0.2, 0.25) is 0 Å². The van der Waals surface area contributed by atoms with Crippen molar-refractivity contribution in [2.24, 2.45) is 0 Å². The standard InChI is InChI=1S/C23H21BrClN3O2S/c1-3-11-27-14-16(13-26-27)28-19-12-15(25)9-10-17(19)21(22(28)24)31-20-8-6-5-7-18(20)23(29)30-4-2/h5-10,12-14H,3-4,11H2,1-2H3. The highest BCUT2D eigenvalue weighted by Gasteiger charge is 2.21. The molecule has 5 nitrogen and oxygen atoms in total. The molecule has 160 valence electrons. The van der Waals surface area contributed by atoms with Crippen LogP contribution in [0.2, 0.25) is 5.02 Å². The summed E-state index contributed by atoms with van der Waals surface area (Å²) in [5, 5.41) is 6.16. The summed E-state index contributed by atoms with van der Waals surface area (Å²) in [6, 6.07) is 13.3. The van der Waals surface area contributed by atoms with Crippen LogP contribution >= 0.6 is 39.3 Å². The van der Waals surface area contributed by atoms with Crippen molar-refractivity contribution in [2.45, 2.75) is 36.6 Å². The maximum Gasteiger partial charge on any atom is 0.339 e. The molecule has 0 unspecified atom stereocenters. The average Bonchev–Trinajstić information content (AvgIpc) is 3.31. The number of rotatable bonds is 7. The Morgan fingerprint density at radius 1 is 1.23 bits per heavy atom. The van der Waals surface area contributed by atoms with E-state index in [0.717, 1.165) is 44.0 Å². The highest BCUT2D eigenvalue weighted by atomic mass is 79.9. The topological polar surface area (TPSA) is 49.0 Å². The average molecular weight is 519 g/mol. The fourth-order valence-corrected chi connectivity index (χ4v) is 5.52. The van der Waals surface area contributed by atoms with Crippen LogP contribution in [0.5, 0.6) is 0 Å². The summed E-state index contributed by atoms with van der Waals surface area (Å²) in [6.45, 7) is 5.12. The minimum atomic E-state index is -0.325. The van der Waals surface area contributed by atoms with Crippen molar-refractivity contribution in [3.8, 4) is 5.69 Å². The first kappa shape index (κ1) is 22.0. The lowest BCUT2D eigenvalue weighted by molar-refractivity contribution is 0.0522. The minimum absolute atomic E-state index is 0.325. The first-order valence-electron chi connectivity index (χ1n) is 9.99. The number of hydrogen-bond donors (Lipinski definition) is 0. The molecule has 0 aliphatic carbocycles. The summed E-state index contributed by atoms with van der Waals surface area (Å²) < 4.78 is 10.1. The van der Waals surface area contributed by atoms with Gasteiger partial charge in [-0.1, -0.05) is 48.5 Å². The summed E-state index contributed by atoms with van der Waals surface area (Å²) in [4.78, 5) is 14.3. The Bertz CT molecular complexity index is 1250. The van der Waals surface area contributed by atoms with Gasteiger partial charge in [0, 0.05) is 28.0 Å². The molecule has 4 rings (SSSR count). The first-order chi connectivity index (χ1) is 15.0. The van der Waals surface area contributed by atoms with Crippen LogP contribution in [0.1, 0.15) is 30.6 Å². The van der Waals surface area contributed by atoms with E-state index in [4.69, 9.17) is 16.3 Å². The molecule has 2 aromatic carbocycles. The monoisotopic (exact) mass is 517 g/mol. The van der Waals surface area contributed by atoms with Crippen molar-refractivity contribution >= 4 is 56.2 Å². The molecule has 0 fully saturated rings. The number of fused-ring (bicyclic) bond motifs is 1. The molecule has 8 heteroatoms. The molecular weight excluding hydrogens is 498 g/mol. The first-order valence-corrected chi connectivity index (χ1v) is 12.0. The van der Waals surface area contributed by atoms with Gasteiger partial charge in [-0.15, -0.1) is 0 Å². The largest absolute Gasteiger partial charge is 0.462 e. The normalized spacial score (nSPS) is 11.2. The van der Waals surface area contributed by atoms with Gasteiger partial charge in [0.05, 0.1) is 34.5 Å². The molecule has 2 heterocycles. The third-order valence-corrected chi connectivity index (χ3v) is 7.20. The summed E-state index contributed by atoms with van der Waals surface area (Å²) >= 11 is 11.7. The summed E-state index contributed by atoms with van der Waals surface area (Å²) in [7, 11) is 0. The van der Waals surface area contributed by atoms with Crippen LogP contribution in [-0.2, 0) is 11.3 Å². The highest BCUT2D eigenvalue weighted by Crippen LogP contribution is 2.44. The van der Waals surface area contributed by atoms with E-state index < -0.39 is 0 Å². The van der Waals surface area contributed by atoms with Gasteiger partial charge in [-0.3, -0.25) is 9.25 Å². The van der Waals surface area contributed by atoms with Crippen molar-refractivity contribution < 1.29 is 9.53 Å². The Balaban J connectivity index is 1.85. The molecule has 0 N–H and O–H groups in total. The maximum absolute atomic E-state index is 12.5. The third-order valence-electron chi connectivity index (χ3n) is 4.75. The van der Waals surface area contributed by atoms with Crippen molar-refractivity contribution in [2.75, 3.05) is 6.61 Å². The predicted octanol–water partition coefficient (Wildman–Crippen LogP) is 6.98. The maximum atomic E-state index is 12.5. The van der Waals surface area contributed by atoms with Crippen LogP contribution in [0.3, 0.4) is 0 Å². The Morgan fingerprint density at radius 3 is 2.81 bits per heavy atom. The molecule has 0 saturated heterocycles. The van der Waals surface area contributed by atoms with Crippen molar-refractivity contribution in [1.82, 2.24) is 14.3 Å². The molecule has 31 heavy (non-hydrogen) atoms. The van der Waals surface area contributed by atoms with E-state index in [0.29, 0.717) is 17.2 Å². The van der Waals surface area contributed by atoms with Crippen LogP contribution < -0.4 is 0 Å². The zero-order chi connectivity index (χ0) is 22.0. The molecule has 0 aliphatic rings. The number of aromatic nitrogens is 3. The smallest absolute Gasteiger partial charge is 0.339 e. The highest BCUT2D eigenvalue weighted by molar-refractivity contribution is 9.10. The van der Waals surface area contributed by atoms with E-state index in [9.17, 15) is 4.79 Å². The number of ether oxygens (including phenoxy) is 1. The zero-order valence-electron chi connectivity index (χ0n) is 17.1. The number of aryl methyl sites for hydroxylation is 1. The van der Waals surface area contributed by atoms with Crippen LogP contribution in [0.25, 0.3) is 16.6 Å². The van der Waals surface area contributed by atoms with Gasteiger partial charge in [0.25, 0.3) is 0 Å². The number of carbonyl (C=O) groups excluding carboxylic acids is 1. The van der Waals surface area contributed by atoms with Gasteiger partial charge < -0.3 is 4.74 Å². The van der Waals surface area contributed by atoms with Gasteiger partial charge in [-0.25, -0.2) is 4.79 Å². The summed E-state index contributed by atoms with van der Waals surface area (Å²) in [5.41, 5.74) is 2.46. The molecule has 4 aromatic rings. The molecule has 0 radical (unpaired) electrons. The van der Waals surface area contributed by atoms with Crippen LogP contribution in [-0.4, -0.2) is 26.9 Å². The fraction of sp³-hybridized carbons (Fsp3) is 0.217. The second kappa shape index (κ2) is 9.51. The number of esters is 1. The van der Waals surface area contributed by atoms with Crippen molar-refractivity contribution in [3.63, 3.8) is 0 Å². The second-order valence-corrected chi connectivity index (χ2v) is 9.14. The molecule has 0 saturated carbocycles. The number of halogens is 2. The van der Waals surface area contributed by atoms with Crippen LogP contribution in [0.15, 0.2) is 69.3 Å². The Labute approximate surface area is 198 Å². The molecule has 0 atom stereocenters. The third kappa shape index (κ3) is 4.40. The van der Waals surface area contributed by atoms with E-state index in [1.807, 2.05) is 53.5 Å².